The normalized spacial score (nSPS) is 21.2. The molecule has 0 spiro atoms. The van der Waals surface area contributed by atoms with E-state index in [1.807, 2.05) is 6.07 Å². The van der Waals surface area contributed by atoms with Crippen molar-refractivity contribution in [2.45, 2.75) is 12.3 Å². The van der Waals surface area contributed by atoms with Crippen LogP contribution >= 0.6 is 23.2 Å². The van der Waals surface area contributed by atoms with Gasteiger partial charge in [-0.1, -0.05) is 29.3 Å². The fourth-order valence-electron chi connectivity index (χ4n) is 2.11. The van der Waals surface area contributed by atoms with Crippen LogP contribution in [-0.4, -0.2) is 21.1 Å². The highest BCUT2D eigenvalue weighted by atomic mass is 35.5. The highest BCUT2D eigenvalue weighted by Crippen LogP contribution is 2.50. The van der Waals surface area contributed by atoms with Gasteiger partial charge in [0.15, 0.2) is 0 Å². The van der Waals surface area contributed by atoms with E-state index in [-0.39, 0.29) is 17.7 Å². The third-order valence-corrected chi connectivity index (χ3v) is 3.71. The van der Waals surface area contributed by atoms with Crippen molar-refractivity contribution in [2.24, 2.45) is 5.92 Å². The number of nitrogens with zero attached hydrogens (tertiary/aromatic N) is 2. The number of carbonyl (C=O) groups excluding carboxylic acids is 1. The molecule has 0 bridgehead atoms. The van der Waals surface area contributed by atoms with Crippen LogP contribution in [0.2, 0.25) is 10.0 Å². The van der Waals surface area contributed by atoms with E-state index in [1.165, 1.54) is 6.33 Å². The van der Waals surface area contributed by atoms with Crippen LogP contribution in [-0.2, 0) is 4.79 Å². The first kappa shape index (κ1) is 12.4. The predicted molar refractivity (Wildman–Crippen MR) is 72.3 cm³/mol. The van der Waals surface area contributed by atoms with Crippen LogP contribution in [0.15, 0.2) is 24.5 Å². The Balaban J connectivity index is 1.69. The highest BCUT2D eigenvalue weighted by Gasteiger charge is 2.45. The summed E-state index contributed by atoms with van der Waals surface area (Å²) in [5, 5.41) is 10.1. The summed E-state index contributed by atoms with van der Waals surface area (Å²) in [5.74, 6) is 0.349. The molecule has 2 N–H and O–H groups in total. The van der Waals surface area contributed by atoms with Crippen molar-refractivity contribution < 1.29 is 4.79 Å². The van der Waals surface area contributed by atoms with Gasteiger partial charge in [0.2, 0.25) is 11.9 Å². The Morgan fingerprint density at radius 2 is 2.26 bits per heavy atom. The first-order valence-electron chi connectivity index (χ1n) is 5.76. The number of carbonyl (C=O) groups is 1. The van der Waals surface area contributed by atoms with Gasteiger partial charge >= 0.3 is 0 Å². The zero-order valence-electron chi connectivity index (χ0n) is 9.73. The van der Waals surface area contributed by atoms with E-state index in [4.69, 9.17) is 23.2 Å². The topological polar surface area (TPSA) is 70.7 Å². The maximum absolute atomic E-state index is 12.0. The largest absolute Gasteiger partial charge is 0.295 e. The molecule has 0 radical (unpaired) electrons. The van der Waals surface area contributed by atoms with E-state index < -0.39 is 0 Å². The molecule has 98 valence electrons. The lowest BCUT2D eigenvalue weighted by molar-refractivity contribution is -0.117. The minimum absolute atomic E-state index is 0.0761. The summed E-state index contributed by atoms with van der Waals surface area (Å²) in [4.78, 5) is 15.8. The molecule has 3 rings (SSSR count). The zero-order valence-corrected chi connectivity index (χ0v) is 11.2. The molecule has 1 amide bonds. The maximum atomic E-state index is 12.0. The molecule has 1 heterocycles. The molecule has 1 fully saturated rings. The molecule has 5 nitrogen and oxygen atoms in total. The maximum Gasteiger partial charge on any atom is 0.230 e. The Morgan fingerprint density at radius 1 is 1.42 bits per heavy atom. The molecule has 0 aliphatic heterocycles. The second-order valence-corrected chi connectivity index (χ2v) is 5.28. The molecule has 1 aromatic carbocycles. The molecule has 0 saturated heterocycles. The fraction of sp³-hybridized carbons (Fsp3) is 0.250. The fourth-order valence-corrected chi connectivity index (χ4v) is 2.65. The Morgan fingerprint density at radius 3 is 2.95 bits per heavy atom. The van der Waals surface area contributed by atoms with Crippen LogP contribution in [0.1, 0.15) is 17.9 Å². The lowest BCUT2D eigenvalue weighted by Crippen LogP contribution is -2.15. The van der Waals surface area contributed by atoms with Crippen LogP contribution in [0, 0.1) is 5.92 Å². The van der Waals surface area contributed by atoms with Crippen LogP contribution in [0.4, 0.5) is 5.95 Å². The van der Waals surface area contributed by atoms with Gasteiger partial charge in [0, 0.05) is 16.0 Å². The van der Waals surface area contributed by atoms with E-state index in [9.17, 15) is 4.79 Å². The molecular weight excluding hydrogens is 287 g/mol. The van der Waals surface area contributed by atoms with Crippen molar-refractivity contribution >= 4 is 35.1 Å². The summed E-state index contributed by atoms with van der Waals surface area (Å²) in [7, 11) is 0. The monoisotopic (exact) mass is 296 g/mol. The highest BCUT2D eigenvalue weighted by molar-refractivity contribution is 6.35. The third-order valence-electron chi connectivity index (χ3n) is 3.15. The summed E-state index contributed by atoms with van der Waals surface area (Å²) >= 11 is 12.0. The molecular formula is C12H10Cl2N4O. The second-order valence-electron chi connectivity index (χ2n) is 4.44. The average molecular weight is 297 g/mol. The Hall–Kier alpha value is -1.59. The number of aromatic nitrogens is 3. The number of aromatic amines is 1. The van der Waals surface area contributed by atoms with E-state index in [0.29, 0.717) is 16.0 Å². The third kappa shape index (κ3) is 2.57. The van der Waals surface area contributed by atoms with Gasteiger partial charge in [0.1, 0.15) is 6.33 Å². The number of hydrogen-bond donors (Lipinski definition) is 2. The minimum Gasteiger partial charge on any atom is -0.295 e. The van der Waals surface area contributed by atoms with E-state index >= 15 is 0 Å². The van der Waals surface area contributed by atoms with E-state index in [0.717, 1.165) is 12.0 Å². The number of rotatable bonds is 3. The van der Waals surface area contributed by atoms with Crippen molar-refractivity contribution in [1.29, 1.82) is 0 Å². The Kier molecular flexibility index (Phi) is 3.16. The summed E-state index contributed by atoms with van der Waals surface area (Å²) < 4.78 is 0. The first-order chi connectivity index (χ1) is 9.15. The van der Waals surface area contributed by atoms with Gasteiger partial charge in [-0.15, -0.1) is 0 Å². The number of nitrogens with one attached hydrogen (secondary N) is 2. The summed E-state index contributed by atoms with van der Waals surface area (Å²) in [6.07, 6.45) is 2.12. The Bertz CT molecular complexity index is 614. The van der Waals surface area contributed by atoms with Crippen molar-refractivity contribution in [3.63, 3.8) is 0 Å². The van der Waals surface area contributed by atoms with Crippen molar-refractivity contribution in [3.8, 4) is 0 Å². The van der Waals surface area contributed by atoms with Crippen LogP contribution < -0.4 is 5.32 Å². The molecule has 1 aromatic heterocycles. The molecule has 2 unspecified atom stereocenters. The molecule has 19 heavy (non-hydrogen) atoms. The lowest BCUT2D eigenvalue weighted by atomic mass is 10.1. The van der Waals surface area contributed by atoms with E-state index in [1.54, 1.807) is 12.1 Å². The zero-order chi connectivity index (χ0) is 13.4. The molecule has 2 aromatic rings. The number of amides is 1. The molecule has 2 atom stereocenters. The van der Waals surface area contributed by atoms with Gasteiger partial charge in [-0.05, 0) is 30.0 Å². The smallest absolute Gasteiger partial charge is 0.230 e. The molecule has 1 aliphatic rings. The average Bonchev–Trinajstić information content (AvgIpc) is 2.99. The molecule has 7 heteroatoms. The van der Waals surface area contributed by atoms with Gasteiger partial charge in [0.05, 0.1) is 0 Å². The first-order valence-corrected chi connectivity index (χ1v) is 6.52. The van der Waals surface area contributed by atoms with E-state index in [2.05, 4.69) is 20.5 Å². The minimum atomic E-state index is -0.0798. The lowest BCUT2D eigenvalue weighted by Gasteiger charge is -2.04. The SMILES string of the molecule is O=C(Nc1ncn[nH]1)C1CC1c1ccc(Cl)cc1Cl. The van der Waals surface area contributed by atoms with Crippen LogP contribution in [0.5, 0.6) is 0 Å². The molecule has 1 aliphatic carbocycles. The number of H-pyrrole nitrogens is 1. The van der Waals surface area contributed by atoms with Gasteiger partial charge in [0.25, 0.3) is 0 Å². The predicted octanol–water partition coefficient (Wildman–Crippen LogP) is 2.85. The summed E-state index contributed by atoms with van der Waals surface area (Å²) in [6, 6.07) is 5.35. The van der Waals surface area contributed by atoms with Gasteiger partial charge in [-0.2, -0.15) is 10.1 Å². The van der Waals surface area contributed by atoms with Crippen molar-refractivity contribution in [1.82, 2.24) is 15.2 Å². The van der Waals surface area contributed by atoms with Crippen molar-refractivity contribution in [3.05, 3.63) is 40.1 Å². The number of hydrogen-bond acceptors (Lipinski definition) is 3. The van der Waals surface area contributed by atoms with Crippen LogP contribution in [0.25, 0.3) is 0 Å². The van der Waals surface area contributed by atoms with Crippen LogP contribution in [0.3, 0.4) is 0 Å². The van der Waals surface area contributed by atoms with Gasteiger partial charge in [-0.3, -0.25) is 10.1 Å². The summed E-state index contributed by atoms with van der Waals surface area (Å²) in [5.41, 5.74) is 0.962. The second kappa shape index (κ2) is 4.83. The van der Waals surface area contributed by atoms with Gasteiger partial charge in [-0.25, -0.2) is 5.10 Å². The number of anilines is 1. The standard InChI is InChI=1S/C12H10Cl2N4O/c13-6-1-2-7(10(14)3-6)8-4-9(8)11(19)17-12-15-5-16-18-12/h1-3,5,8-9H,4H2,(H2,15,16,17,18,19). The van der Waals surface area contributed by atoms with Crippen molar-refractivity contribution in [2.75, 3.05) is 5.32 Å². The van der Waals surface area contributed by atoms with Gasteiger partial charge < -0.3 is 0 Å². The number of benzene rings is 1. The molecule has 1 saturated carbocycles. The summed E-state index contributed by atoms with van der Waals surface area (Å²) in [6.45, 7) is 0. The Labute approximate surface area is 119 Å². The quantitative estimate of drug-likeness (QED) is 0.915. The number of halogens is 2.